The molecule has 53 valence electrons. The Bertz CT molecular complexity index is 168. The molecule has 0 bridgehead atoms. The number of aliphatic hydroxyl groups is 1. The first-order chi connectivity index (χ1) is 4.72. The summed E-state index contributed by atoms with van der Waals surface area (Å²) >= 11 is 0. The molecule has 0 aromatic heterocycles. The molecule has 1 radical (unpaired) electrons. The molecule has 0 heterocycles. The molecule has 0 aromatic rings. The minimum Gasteiger partial charge on any atom is -0.512 e. The molecular weight excluding hydrogens is 125 g/mol. The van der Waals surface area contributed by atoms with Crippen molar-refractivity contribution in [3.63, 3.8) is 0 Å². The van der Waals surface area contributed by atoms with Crippen molar-refractivity contribution in [1.82, 2.24) is 0 Å². The quantitative estimate of drug-likeness (QED) is 0.357. The smallest absolute Gasteiger partial charge is 0.179 e. The van der Waals surface area contributed by atoms with E-state index in [1.807, 2.05) is 6.82 Å². The first kappa shape index (κ1) is 9.01. The molecule has 3 heteroatoms. The van der Waals surface area contributed by atoms with Crippen LogP contribution in [-0.4, -0.2) is 18.6 Å². The van der Waals surface area contributed by atoms with Crippen LogP contribution < -0.4 is 0 Å². The van der Waals surface area contributed by atoms with Crippen molar-refractivity contribution in [2.75, 3.05) is 0 Å². The van der Waals surface area contributed by atoms with Gasteiger partial charge in [0.1, 0.15) is 5.76 Å². The van der Waals surface area contributed by atoms with Gasteiger partial charge in [-0.15, -0.1) is 0 Å². The minimum atomic E-state index is 0.223. The maximum Gasteiger partial charge on any atom is 0.179 e. The fraction of sp³-hybridized carbons (Fsp3) is 0.286. The Morgan fingerprint density at radius 3 is 2.60 bits per heavy atom. The van der Waals surface area contributed by atoms with Gasteiger partial charge >= 0.3 is 0 Å². The number of aliphatic hydroxyl groups excluding tert-OH is 1. The van der Waals surface area contributed by atoms with Crippen molar-refractivity contribution < 1.29 is 5.11 Å². The summed E-state index contributed by atoms with van der Waals surface area (Å²) in [5.74, 6) is 0.223. The van der Waals surface area contributed by atoms with Crippen LogP contribution in [0.5, 0.6) is 0 Å². The molecule has 0 unspecified atom stereocenters. The third-order valence-electron chi connectivity index (χ3n) is 0.963. The number of hydrogen-bond donors (Lipinski definition) is 1. The number of allylic oxidation sites excluding steroid dienone is 2. The summed E-state index contributed by atoms with van der Waals surface area (Å²) in [6.07, 6.45) is 3.10. The molecule has 0 amide bonds. The van der Waals surface area contributed by atoms with Gasteiger partial charge in [-0.25, -0.2) is 0 Å². The minimum absolute atomic E-state index is 0.223. The third kappa shape index (κ3) is 3.12. The topological polar surface area (TPSA) is 32.6 Å². The first-order valence-corrected chi connectivity index (χ1v) is 3.06. The van der Waals surface area contributed by atoms with E-state index in [0.29, 0.717) is 5.60 Å². The summed E-state index contributed by atoms with van der Waals surface area (Å²) in [6, 6.07) is 0. The van der Waals surface area contributed by atoms with Gasteiger partial charge in [-0.2, -0.15) is 0 Å². The molecule has 0 aliphatic heterocycles. The summed E-state index contributed by atoms with van der Waals surface area (Å²) in [7, 11) is 1.73. The van der Waals surface area contributed by atoms with Crippen LogP contribution in [-0.2, 0) is 0 Å². The van der Waals surface area contributed by atoms with E-state index in [1.165, 1.54) is 6.21 Å². The van der Waals surface area contributed by atoms with Gasteiger partial charge in [-0.05, 0) is 6.92 Å². The molecule has 0 spiro atoms. The van der Waals surface area contributed by atoms with E-state index in [2.05, 4.69) is 11.6 Å². The van der Waals surface area contributed by atoms with Crippen LogP contribution in [0, 0.1) is 0 Å². The van der Waals surface area contributed by atoms with Gasteiger partial charge in [-0.1, -0.05) is 19.5 Å². The van der Waals surface area contributed by atoms with Crippen molar-refractivity contribution >= 4 is 13.5 Å². The van der Waals surface area contributed by atoms with Crippen LogP contribution in [0.15, 0.2) is 29.0 Å². The zero-order chi connectivity index (χ0) is 7.98. The number of aliphatic imine (C=N–C) groups is 1. The summed E-state index contributed by atoms with van der Waals surface area (Å²) < 4.78 is 0. The molecule has 0 fully saturated rings. The van der Waals surface area contributed by atoms with Crippen LogP contribution in [0.3, 0.4) is 0 Å². The van der Waals surface area contributed by atoms with Crippen molar-refractivity contribution in [1.29, 1.82) is 0 Å². The Morgan fingerprint density at radius 2 is 2.30 bits per heavy atom. The molecule has 10 heavy (non-hydrogen) atoms. The molecule has 1 N–H and O–H groups in total. The van der Waals surface area contributed by atoms with Gasteiger partial charge in [0.2, 0.25) is 0 Å². The van der Waals surface area contributed by atoms with Gasteiger partial charge in [0.05, 0.1) is 0 Å². The largest absolute Gasteiger partial charge is 0.512 e. The molecule has 0 saturated heterocycles. The zero-order valence-electron chi connectivity index (χ0n) is 6.33. The van der Waals surface area contributed by atoms with E-state index >= 15 is 0 Å². The van der Waals surface area contributed by atoms with Gasteiger partial charge in [-0.3, -0.25) is 4.99 Å². The summed E-state index contributed by atoms with van der Waals surface area (Å²) in [4.78, 5) is 3.89. The number of hydrogen-bond acceptors (Lipinski definition) is 2. The Morgan fingerprint density at radius 1 is 1.70 bits per heavy atom. The average molecular weight is 136 g/mol. The Hall–Kier alpha value is -0.985. The highest BCUT2D eigenvalue weighted by atomic mass is 16.3. The second-order valence-electron chi connectivity index (χ2n) is 1.77. The van der Waals surface area contributed by atoms with Crippen molar-refractivity contribution in [3.8, 4) is 0 Å². The summed E-state index contributed by atoms with van der Waals surface area (Å²) in [5, 5.41) is 8.94. The highest BCUT2D eigenvalue weighted by Crippen LogP contribution is 1.98. The molecule has 0 aliphatic carbocycles. The van der Waals surface area contributed by atoms with Gasteiger partial charge < -0.3 is 5.11 Å². The average Bonchev–Trinajstić information content (AvgIpc) is 1.89. The third-order valence-corrected chi connectivity index (χ3v) is 0.963. The monoisotopic (exact) mass is 136 g/mol. The van der Waals surface area contributed by atoms with Gasteiger partial charge in [0.25, 0.3) is 0 Å². The van der Waals surface area contributed by atoms with E-state index in [9.17, 15) is 0 Å². The molecule has 0 rings (SSSR count). The fourth-order valence-electron chi connectivity index (χ4n) is 0.510. The van der Waals surface area contributed by atoms with E-state index in [1.54, 1.807) is 20.3 Å². The Labute approximate surface area is 62.2 Å². The van der Waals surface area contributed by atoms with Crippen LogP contribution in [0.2, 0.25) is 6.82 Å². The Balaban J connectivity index is 4.23. The highest BCUT2D eigenvalue weighted by molar-refractivity contribution is 6.43. The first-order valence-electron chi connectivity index (χ1n) is 3.06. The predicted octanol–water partition coefficient (Wildman–Crippen LogP) is 1.74. The number of rotatable bonds is 3. The maximum atomic E-state index is 8.94. The molecule has 0 aromatic carbocycles. The van der Waals surface area contributed by atoms with Crippen LogP contribution in [0.1, 0.15) is 6.92 Å². The summed E-state index contributed by atoms with van der Waals surface area (Å²) in [5.41, 5.74) is 0.583. The lowest BCUT2D eigenvalue weighted by molar-refractivity contribution is 0.410. The lowest BCUT2D eigenvalue weighted by Gasteiger charge is -1.95. The molecule has 0 saturated carbocycles. The molecule has 0 atom stereocenters. The molecular formula is C7H11BNO. The van der Waals surface area contributed by atoms with Crippen LogP contribution in [0.25, 0.3) is 0 Å². The van der Waals surface area contributed by atoms with E-state index in [-0.39, 0.29) is 5.76 Å². The summed E-state index contributed by atoms with van der Waals surface area (Å²) in [6.45, 7) is 6.87. The molecule has 2 nitrogen and oxygen atoms in total. The van der Waals surface area contributed by atoms with Crippen molar-refractivity contribution in [3.05, 3.63) is 24.0 Å². The van der Waals surface area contributed by atoms with Crippen molar-refractivity contribution in [2.45, 2.75) is 13.7 Å². The van der Waals surface area contributed by atoms with E-state index in [4.69, 9.17) is 5.11 Å². The lowest BCUT2D eigenvalue weighted by Crippen LogP contribution is -1.91. The lowest BCUT2D eigenvalue weighted by atomic mass is 9.77. The standard InChI is InChI=1S/C7H11BNO/c1-4-5-9-7(8-3)6(2)10/h4-5,10H,1H2,2-3H3/b7-6+,9-5?. The van der Waals surface area contributed by atoms with E-state index in [0.717, 1.165) is 0 Å². The normalized spacial score (nSPS) is 13.0. The van der Waals surface area contributed by atoms with Crippen LogP contribution in [0.4, 0.5) is 0 Å². The number of nitrogens with zero attached hydrogens (tertiary/aromatic N) is 1. The zero-order valence-corrected chi connectivity index (χ0v) is 6.33. The van der Waals surface area contributed by atoms with Gasteiger partial charge in [0.15, 0.2) is 7.28 Å². The second-order valence-corrected chi connectivity index (χ2v) is 1.77. The molecule has 0 aliphatic rings. The van der Waals surface area contributed by atoms with Crippen LogP contribution >= 0.6 is 0 Å². The second kappa shape index (κ2) is 4.85. The van der Waals surface area contributed by atoms with E-state index < -0.39 is 0 Å². The predicted molar refractivity (Wildman–Crippen MR) is 45.6 cm³/mol. The highest BCUT2D eigenvalue weighted by Gasteiger charge is 1.93. The van der Waals surface area contributed by atoms with Gasteiger partial charge in [0, 0.05) is 11.8 Å². The Kier molecular flexibility index (Phi) is 4.38. The SMILES string of the molecule is C=CC=N/C([B]C)=C(\C)O. The van der Waals surface area contributed by atoms with Crippen molar-refractivity contribution in [2.24, 2.45) is 4.99 Å². The fourth-order valence-corrected chi connectivity index (χ4v) is 0.510. The maximum absolute atomic E-state index is 8.94.